The van der Waals surface area contributed by atoms with Crippen LogP contribution in [0.1, 0.15) is 20.3 Å². The molecule has 0 radical (unpaired) electrons. The Morgan fingerprint density at radius 3 is 1.50 bits per heavy atom. The molecule has 0 rings (SSSR count). The van der Waals surface area contributed by atoms with E-state index in [9.17, 15) is 0 Å². The first-order chi connectivity index (χ1) is 5.83. The van der Waals surface area contributed by atoms with Crippen LogP contribution in [0.15, 0.2) is 18.2 Å². The minimum absolute atomic E-state index is 0.972. The van der Waals surface area contributed by atoms with Gasteiger partial charge in [0.05, 0.1) is 0 Å². The van der Waals surface area contributed by atoms with Gasteiger partial charge in [-0.25, -0.2) is 19.1 Å². The van der Waals surface area contributed by atoms with E-state index in [-0.39, 0.29) is 0 Å². The van der Waals surface area contributed by atoms with Crippen LogP contribution in [-0.2, 0) is 36.4 Å². The van der Waals surface area contributed by atoms with E-state index in [2.05, 4.69) is 62.3 Å². The number of halogens is 2. The van der Waals surface area contributed by atoms with Gasteiger partial charge in [-0.2, -0.15) is 0 Å². The van der Waals surface area contributed by atoms with E-state index < -0.39 is 0 Å². The summed E-state index contributed by atoms with van der Waals surface area (Å²) >= 11 is 4.44. The van der Waals surface area contributed by atoms with Crippen molar-refractivity contribution < 1.29 is 36.4 Å². The van der Waals surface area contributed by atoms with Crippen LogP contribution < -0.4 is 0 Å². The average molecular weight is 394 g/mol. The molecule has 0 aliphatic carbocycles. The van der Waals surface area contributed by atoms with Gasteiger partial charge in [0, 0.05) is 0 Å². The van der Waals surface area contributed by atoms with Gasteiger partial charge in [-0.05, 0) is 0 Å². The molecule has 0 amide bonds. The summed E-state index contributed by atoms with van der Waals surface area (Å²) in [6, 6.07) is 0. The molecule has 0 aromatic carbocycles. The first-order valence-electron chi connectivity index (χ1n) is 3.01. The normalized spacial score (nSPS) is 6.33. The zero-order valence-electron chi connectivity index (χ0n) is 7.11. The number of allylic oxidation sites excluding steroid dienone is 3. The summed E-state index contributed by atoms with van der Waals surface area (Å²) in [7, 11) is 8.98. The van der Waals surface area contributed by atoms with E-state index in [1.165, 1.54) is 0 Å². The van der Waals surface area contributed by atoms with Gasteiger partial charge in [0.1, 0.15) is 0 Å². The zero-order chi connectivity index (χ0) is 10.8. The average Bonchev–Trinajstić information content (AvgIpc) is 2.23. The van der Waals surface area contributed by atoms with Gasteiger partial charge in [-0.3, -0.25) is 6.08 Å². The fourth-order valence-electron chi connectivity index (χ4n) is 0. The molecule has 0 saturated heterocycles. The molecule has 0 N–H and O–H groups in total. The predicted octanol–water partition coefficient (Wildman–Crippen LogP) is 4.16. The van der Waals surface area contributed by atoms with Crippen molar-refractivity contribution in [1.82, 2.24) is 0 Å². The van der Waals surface area contributed by atoms with Crippen LogP contribution in [0.3, 0.4) is 0 Å². The zero-order valence-corrected chi connectivity index (χ0v) is 11.7. The van der Waals surface area contributed by atoms with Crippen molar-refractivity contribution in [2.45, 2.75) is 20.3 Å². The van der Waals surface area contributed by atoms with Crippen molar-refractivity contribution in [3.63, 3.8) is 0 Å². The van der Waals surface area contributed by atoms with E-state index in [1.807, 2.05) is 19.9 Å². The number of hydrogen-bond acceptors (Lipinski definition) is 0. The molecule has 12 heavy (non-hydrogen) atoms. The third kappa shape index (κ3) is 112. The standard InChI is InChI=1S/2C4H7.2ClH.2Pd/c2*1-3-4-2;;;;/h3-4H,1H2,2H3;1,3H,4H2,2H3;2*1H;;/q2*-1;;;2*+2/p-2/b4-3+;;;;;. The van der Waals surface area contributed by atoms with Crippen LogP contribution >= 0.6 is 19.1 Å². The first-order valence-corrected chi connectivity index (χ1v) is 7.01. The molecular weight excluding hydrogens is 380 g/mol. The number of rotatable bonds is 1. The maximum atomic E-state index is 4.90. The van der Waals surface area contributed by atoms with Crippen molar-refractivity contribution in [3.8, 4) is 0 Å². The van der Waals surface area contributed by atoms with Crippen molar-refractivity contribution in [3.05, 3.63) is 31.7 Å². The maximum absolute atomic E-state index is 4.90. The van der Waals surface area contributed by atoms with Gasteiger partial charge in [-0.15, -0.1) is 6.92 Å². The Morgan fingerprint density at radius 1 is 1.33 bits per heavy atom. The summed E-state index contributed by atoms with van der Waals surface area (Å²) in [6.45, 7) is 12.3. The topological polar surface area (TPSA) is 0 Å². The Morgan fingerprint density at radius 2 is 1.50 bits per heavy atom. The first kappa shape index (κ1) is 23.2. The van der Waals surface area contributed by atoms with Crippen LogP contribution in [0.4, 0.5) is 0 Å². The summed E-state index contributed by atoms with van der Waals surface area (Å²) in [5.41, 5.74) is 0. The van der Waals surface area contributed by atoms with E-state index >= 15 is 0 Å². The van der Waals surface area contributed by atoms with E-state index in [4.69, 9.17) is 6.58 Å². The minimum atomic E-state index is 0.972. The van der Waals surface area contributed by atoms with Gasteiger partial charge < -0.3 is 6.58 Å². The van der Waals surface area contributed by atoms with Crippen molar-refractivity contribution in [2.24, 2.45) is 0 Å². The molecule has 0 nitrogen and oxygen atoms in total. The van der Waals surface area contributed by atoms with E-state index in [1.54, 1.807) is 12.2 Å². The summed E-state index contributed by atoms with van der Waals surface area (Å²) in [6.07, 6.45) is 6.24. The van der Waals surface area contributed by atoms with Gasteiger partial charge in [-0.1, -0.05) is 13.3 Å². The summed E-state index contributed by atoms with van der Waals surface area (Å²) < 4.78 is 0. The van der Waals surface area contributed by atoms with Gasteiger partial charge in [0.15, 0.2) is 0 Å². The number of hydrogen-bond donors (Lipinski definition) is 0. The monoisotopic (exact) mass is 392 g/mol. The molecule has 0 bridgehead atoms. The molecule has 0 spiro atoms. The summed E-state index contributed by atoms with van der Waals surface area (Å²) in [5.74, 6) is 0. The molecule has 0 aromatic heterocycles. The predicted molar refractivity (Wildman–Crippen MR) is 51.0 cm³/mol. The van der Waals surface area contributed by atoms with E-state index in [0.29, 0.717) is 0 Å². The molecule has 0 fully saturated rings. The summed E-state index contributed by atoms with van der Waals surface area (Å²) in [4.78, 5) is 0. The van der Waals surface area contributed by atoms with Gasteiger partial charge in [0.2, 0.25) is 0 Å². The molecule has 80 valence electrons. The molecule has 0 heterocycles. The molecule has 4 heteroatoms. The second-order valence-corrected chi connectivity index (χ2v) is 1.21. The second-order valence-electron chi connectivity index (χ2n) is 1.21. The molecule has 0 aliphatic rings. The Kier molecular flexibility index (Phi) is 109. The molecule has 0 aromatic rings. The van der Waals surface area contributed by atoms with Crippen LogP contribution in [0, 0.1) is 13.5 Å². The van der Waals surface area contributed by atoms with Crippen molar-refractivity contribution in [2.75, 3.05) is 0 Å². The van der Waals surface area contributed by atoms with Crippen molar-refractivity contribution >= 4 is 19.1 Å². The Labute approximate surface area is 107 Å². The third-order valence-corrected chi connectivity index (χ3v) is 0.471. The van der Waals surface area contributed by atoms with Gasteiger partial charge in [0.25, 0.3) is 0 Å². The van der Waals surface area contributed by atoms with Crippen molar-refractivity contribution in [1.29, 1.82) is 0 Å². The second kappa shape index (κ2) is 56.2. The van der Waals surface area contributed by atoms with E-state index in [0.717, 1.165) is 6.42 Å². The van der Waals surface area contributed by atoms with Crippen LogP contribution in [0.5, 0.6) is 0 Å². The van der Waals surface area contributed by atoms with Crippen LogP contribution in [-0.4, -0.2) is 0 Å². The SMILES string of the molecule is [CH-]=CCC.[CH2-]/C=C/C.[Cl][Pd+].[Cl][Pd+]. The Bertz CT molecular complexity index is 62.1. The molecule has 0 saturated carbocycles. The quantitative estimate of drug-likeness (QED) is 0.463. The third-order valence-electron chi connectivity index (χ3n) is 0.471. The molecule has 0 atom stereocenters. The van der Waals surface area contributed by atoms with Crippen LogP contribution in [0.2, 0.25) is 0 Å². The van der Waals surface area contributed by atoms with Gasteiger partial charge >= 0.3 is 55.4 Å². The summed E-state index contributed by atoms with van der Waals surface area (Å²) in [5, 5.41) is 0. The fourth-order valence-corrected chi connectivity index (χ4v) is 0. The fraction of sp³-hybridized carbons (Fsp3) is 0.375. The Balaban J connectivity index is -0.0000000380. The molecule has 0 aliphatic heterocycles. The Hall–Kier alpha value is 1.25. The van der Waals surface area contributed by atoms with Crippen LogP contribution in [0.25, 0.3) is 0 Å². The molecular formula is C8H14Cl2Pd2. The molecule has 0 unspecified atom stereocenters.